The van der Waals surface area contributed by atoms with E-state index in [9.17, 15) is 0 Å². The Morgan fingerprint density at radius 1 is 1.07 bits per heavy atom. The molecule has 0 aliphatic heterocycles. The minimum atomic E-state index is 0.625. The average Bonchev–Trinajstić information content (AvgIpc) is 3.08. The largest absolute Gasteiger partial charge is 0.493 e. The molecule has 0 bridgehead atoms. The number of ether oxygens (including phenoxy) is 2. The second-order valence-electron chi connectivity index (χ2n) is 5.89. The number of rotatable bonds is 5. The molecule has 0 saturated heterocycles. The molecule has 0 saturated carbocycles. The summed E-state index contributed by atoms with van der Waals surface area (Å²) in [7, 11) is 3.22. The van der Waals surface area contributed by atoms with Gasteiger partial charge in [0.05, 0.1) is 19.7 Å². The number of thioether (sulfide) groups is 1. The summed E-state index contributed by atoms with van der Waals surface area (Å²) in [6.07, 6.45) is 0. The second-order valence-corrected chi connectivity index (χ2v) is 7.24. The van der Waals surface area contributed by atoms with E-state index in [0.717, 1.165) is 32.3 Å². The van der Waals surface area contributed by atoms with Gasteiger partial charge in [-0.1, -0.05) is 41.6 Å². The van der Waals surface area contributed by atoms with Crippen molar-refractivity contribution < 1.29 is 9.47 Å². The maximum atomic E-state index is 6.28. The number of benzene rings is 2. The molecule has 0 fully saturated rings. The first kappa shape index (κ1) is 17.9. The highest BCUT2D eigenvalue weighted by Gasteiger charge is 2.16. The Morgan fingerprint density at radius 2 is 1.81 bits per heavy atom. The summed E-state index contributed by atoms with van der Waals surface area (Å²) in [4.78, 5) is 9.37. The van der Waals surface area contributed by atoms with Gasteiger partial charge in [0, 0.05) is 22.2 Å². The third kappa shape index (κ3) is 3.28. The van der Waals surface area contributed by atoms with Gasteiger partial charge in [-0.05, 0) is 24.6 Å². The molecule has 0 N–H and O–H groups in total. The van der Waals surface area contributed by atoms with E-state index in [-0.39, 0.29) is 0 Å². The predicted molar refractivity (Wildman–Crippen MR) is 107 cm³/mol. The molecule has 4 rings (SSSR count). The molecular weight excluding hydrogens is 384 g/mol. The zero-order chi connectivity index (χ0) is 19.0. The number of aromatic nitrogens is 4. The van der Waals surface area contributed by atoms with Gasteiger partial charge in [0.2, 0.25) is 0 Å². The van der Waals surface area contributed by atoms with Crippen LogP contribution in [0.15, 0.2) is 41.6 Å². The molecule has 0 radical (unpaired) electrons. The third-order valence-electron chi connectivity index (χ3n) is 4.17. The average molecular weight is 401 g/mol. The minimum Gasteiger partial charge on any atom is -0.493 e. The lowest BCUT2D eigenvalue weighted by atomic mass is 10.2. The number of nitrogens with zero attached hydrogens (tertiary/aromatic N) is 4. The highest BCUT2D eigenvalue weighted by atomic mass is 35.5. The molecule has 0 atom stereocenters. The molecule has 8 heteroatoms. The number of fused-ring (bicyclic) bond motifs is 3. The third-order valence-corrected chi connectivity index (χ3v) is 5.51. The number of hydrogen-bond donors (Lipinski definition) is 0. The van der Waals surface area contributed by atoms with Gasteiger partial charge < -0.3 is 9.47 Å². The molecular formula is C19H17ClN4O2S. The highest BCUT2D eigenvalue weighted by molar-refractivity contribution is 7.98. The fourth-order valence-corrected chi connectivity index (χ4v) is 4.09. The fraction of sp³-hybridized carbons (Fsp3) is 0.211. The first-order valence-electron chi connectivity index (χ1n) is 8.26. The van der Waals surface area contributed by atoms with E-state index in [1.54, 1.807) is 30.5 Å². The lowest BCUT2D eigenvalue weighted by molar-refractivity contribution is 0.355. The van der Waals surface area contributed by atoms with Gasteiger partial charge in [0.1, 0.15) is 5.82 Å². The zero-order valence-electron chi connectivity index (χ0n) is 15.1. The van der Waals surface area contributed by atoms with Gasteiger partial charge in [-0.3, -0.25) is 0 Å². The molecule has 138 valence electrons. The van der Waals surface area contributed by atoms with Crippen LogP contribution in [0.4, 0.5) is 0 Å². The van der Waals surface area contributed by atoms with Crippen LogP contribution in [0, 0.1) is 6.92 Å². The Balaban J connectivity index is 1.85. The van der Waals surface area contributed by atoms with Crippen LogP contribution in [0.25, 0.3) is 16.6 Å². The number of methoxy groups -OCH3 is 2. The van der Waals surface area contributed by atoms with Crippen molar-refractivity contribution in [3.05, 3.63) is 52.8 Å². The van der Waals surface area contributed by atoms with E-state index < -0.39 is 0 Å². The summed E-state index contributed by atoms with van der Waals surface area (Å²) in [5.41, 5.74) is 2.55. The maximum Gasteiger partial charge on any atom is 0.191 e. The van der Waals surface area contributed by atoms with Crippen LogP contribution in [0.1, 0.15) is 11.4 Å². The van der Waals surface area contributed by atoms with Crippen molar-refractivity contribution in [1.82, 2.24) is 19.6 Å². The normalized spacial score (nSPS) is 11.3. The Labute approximate surface area is 165 Å². The van der Waals surface area contributed by atoms with Crippen molar-refractivity contribution in [3.8, 4) is 11.5 Å². The zero-order valence-corrected chi connectivity index (χ0v) is 16.6. The van der Waals surface area contributed by atoms with Crippen LogP contribution in [0.2, 0.25) is 5.02 Å². The van der Waals surface area contributed by atoms with E-state index in [2.05, 4.69) is 10.1 Å². The van der Waals surface area contributed by atoms with E-state index >= 15 is 0 Å². The predicted octanol–water partition coefficient (Wildman–Crippen LogP) is 4.55. The Hall–Kier alpha value is -2.51. The van der Waals surface area contributed by atoms with E-state index in [0.29, 0.717) is 23.1 Å². The monoisotopic (exact) mass is 400 g/mol. The summed E-state index contributed by atoms with van der Waals surface area (Å²) >= 11 is 7.84. The molecule has 2 aromatic carbocycles. The van der Waals surface area contributed by atoms with Crippen LogP contribution in [0.3, 0.4) is 0 Å². The Kier molecular flexibility index (Phi) is 4.80. The molecule has 4 aromatic rings. The van der Waals surface area contributed by atoms with Gasteiger partial charge >= 0.3 is 0 Å². The van der Waals surface area contributed by atoms with Crippen molar-refractivity contribution in [2.75, 3.05) is 14.2 Å². The highest BCUT2D eigenvalue weighted by Crippen LogP contribution is 2.35. The second kappa shape index (κ2) is 7.25. The maximum absolute atomic E-state index is 6.28. The van der Waals surface area contributed by atoms with Crippen molar-refractivity contribution in [2.24, 2.45) is 0 Å². The summed E-state index contributed by atoms with van der Waals surface area (Å²) in [6.45, 7) is 1.86. The molecule has 0 spiro atoms. The van der Waals surface area contributed by atoms with Crippen molar-refractivity contribution >= 4 is 39.9 Å². The van der Waals surface area contributed by atoms with E-state index in [1.165, 1.54) is 0 Å². The molecule has 2 aromatic heterocycles. The lowest BCUT2D eigenvalue weighted by Gasteiger charge is -2.11. The lowest BCUT2D eigenvalue weighted by Crippen LogP contribution is -2.00. The minimum absolute atomic E-state index is 0.625. The van der Waals surface area contributed by atoms with Crippen LogP contribution in [0.5, 0.6) is 11.5 Å². The Bertz CT molecular complexity index is 1150. The van der Waals surface area contributed by atoms with Crippen molar-refractivity contribution in [3.63, 3.8) is 0 Å². The topological polar surface area (TPSA) is 61.5 Å². The van der Waals surface area contributed by atoms with Gasteiger partial charge in [0.15, 0.2) is 22.3 Å². The standard InChI is InChI=1S/C19H17ClN4O2S/c1-11-21-18-13-8-16(25-2)17(26-3)9-15(13)22-19(24(18)23-11)27-10-12-6-4-5-7-14(12)20/h4-9H,10H2,1-3H3. The molecule has 0 aliphatic rings. The molecule has 0 aliphatic carbocycles. The number of aryl methyl sites for hydroxylation is 1. The van der Waals surface area contributed by atoms with Gasteiger partial charge in [-0.25, -0.2) is 9.97 Å². The SMILES string of the molecule is COc1cc2nc(SCc3ccccc3Cl)n3nc(C)nc3c2cc1OC. The molecule has 2 heterocycles. The van der Waals surface area contributed by atoms with Gasteiger partial charge in [-0.2, -0.15) is 4.52 Å². The summed E-state index contributed by atoms with van der Waals surface area (Å²) < 4.78 is 12.6. The first-order valence-corrected chi connectivity index (χ1v) is 9.62. The fourth-order valence-electron chi connectivity index (χ4n) is 2.86. The van der Waals surface area contributed by atoms with Gasteiger partial charge in [0.25, 0.3) is 0 Å². The van der Waals surface area contributed by atoms with E-state index in [1.807, 2.05) is 43.3 Å². The smallest absolute Gasteiger partial charge is 0.191 e. The van der Waals surface area contributed by atoms with Gasteiger partial charge in [-0.15, -0.1) is 5.10 Å². The quantitative estimate of drug-likeness (QED) is 0.362. The summed E-state index contributed by atoms with van der Waals surface area (Å²) in [5, 5.41) is 6.85. The Morgan fingerprint density at radius 3 is 2.56 bits per heavy atom. The van der Waals surface area contributed by atoms with E-state index in [4.69, 9.17) is 26.1 Å². The summed E-state index contributed by atoms with van der Waals surface area (Å²) in [5.74, 6) is 2.61. The van der Waals surface area contributed by atoms with Crippen LogP contribution < -0.4 is 9.47 Å². The summed E-state index contributed by atoms with van der Waals surface area (Å²) in [6, 6.07) is 11.5. The van der Waals surface area contributed by atoms with Crippen molar-refractivity contribution in [1.29, 1.82) is 0 Å². The van der Waals surface area contributed by atoms with Crippen molar-refractivity contribution in [2.45, 2.75) is 17.8 Å². The first-order chi connectivity index (χ1) is 13.1. The number of hydrogen-bond acceptors (Lipinski definition) is 6. The number of halogens is 1. The molecule has 0 unspecified atom stereocenters. The van der Waals surface area contributed by atoms with Crippen LogP contribution in [-0.2, 0) is 5.75 Å². The van der Waals surface area contributed by atoms with Crippen LogP contribution in [-0.4, -0.2) is 33.8 Å². The van der Waals surface area contributed by atoms with Crippen LogP contribution >= 0.6 is 23.4 Å². The molecule has 6 nitrogen and oxygen atoms in total. The molecule has 0 amide bonds. The molecule has 27 heavy (non-hydrogen) atoms.